The summed E-state index contributed by atoms with van der Waals surface area (Å²) < 4.78 is 0. The Bertz CT molecular complexity index is 492. The Labute approximate surface area is 128 Å². The second-order valence-corrected chi connectivity index (χ2v) is 7.60. The number of hydrogen-bond donors (Lipinski definition) is 2. The van der Waals surface area contributed by atoms with Crippen molar-refractivity contribution in [3.8, 4) is 0 Å². The average Bonchev–Trinajstić information content (AvgIpc) is 2.98. The molecule has 0 aliphatic heterocycles. The standard InChI is InChI=1S/C15H20N2OS2/c1-15(2,3)17-13(18)10-16-14(11-6-4-8-19-11)12-7-5-9-20-12/h4-9,14,16H,10H2,1-3H3,(H,17,18). The molecule has 2 heterocycles. The van der Waals surface area contributed by atoms with Crippen LogP contribution in [0.4, 0.5) is 0 Å². The third kappa shape index (κ3) is 4.44. The number of thiophene rings is 2. The molecule has 0 saturated carbocycles. The van der Waals surface area contributed by atoms with Crippen molar-refractivity contribution < 1.29 is 4.79 Å². The molecule has 1 amide bonds. The lowest BCUT2D eigenvalue weighted by Gasteiger charge is -2.22. The molecule has 0 saturated heterocycles. The van der Waals surface area contributed by atoms with Gasteiger partial charge in [0.1, 0.15) is 0 Å². The molecule has 0 aromatic carbocycles. The molecule has 0 unspecified atom stereocenters. The van der Waals surface area contributed by atoms with Gasteiger partial charge in [0.2, 0.25) is 5.91 Å². The van der Waals surface area contributed by atoms with Crippen molar-refractivity contribution in [1.82, 2.24) is 10.6 Å². The van der Waals surface area contributed by atoms with Crippen LogP contribution in [0.1, 0.15) is 36.6 Å². The highest BCUT2D eigenvalue weighted by molar-refractivity contribution is 7.11. The van der Waals surface area contributed by atoms with E-state index < -0.39 is 0 Å². The number of rotatable bonds is 5. The molecule has 2 rings (SSSR count). The third-order valence-electron chi connectivity index (χ3n) is 2.64. The Kier molecular flexibility index (Phi) is 4.96. The number of carbonyl (C=O) groups is 1. The summed E-state index contributed by atoms with van der Waals surface area (Å²) in [6.07, 6.45) is 0. The minimum absolute atomic E-state index is 0.0237. The van der Waals surface area contributed by atoms with E-state index in [9.17, 15) is 4.79 Å². The van der Waals surface area contributed by atoms with Crippen LogP contribution in [0.3, 0.4) is 0 Å². The van der Waals surface area contributed by atoms with Gasteiger partial charge in [-0.25, -0.2) is 0 Å². The predicted octanol–water partition coefficient (Wildman–Crippen LogP) is 3.40. The van der Waals surface area contributed by atoms with Gasteiger partial charge in [0, 0.05) is 15.3 Å². The molecule has 0 spiro atoms. The van der Waals surface area contributed by atoms with Crippen molar-refractivity contribution in [2.24, 2.45) is 0 Å². The van der Waals surface area contributed by atoms with E-state index in [2.05, 4.69) is 33.5 Å². The van der Waals surface area contributed by atoms with Crippen LogP contribution in [0, 0.1) is 0 Å². The molecule has 20 heavy (non-hydrogen) atoms. The molecule has 0 atom stereocenters. The summed E-state index contributed by atoms with van der Waals surface area (Å²) in [5.74, 6) is 0.0237. The van der Waals surface area contributed by atoms with Crippen molar-refractivity contribution in [3.05, 3.63) is 44.8 Å². The van der Waals surface area contributed by atoms with Crippen molar-refractivity contribution in [1.29, 1.82) is 0 Å². The van der Waals surface area contributed by atoms with Crippen molar-refractivity contribution in [2.75, 3.05) is 6.54 Å². The Morgan fingerprint density at radius 2 is 1.70 bits per heavy atom. The Morgan fingerprint density at radius 1 is 1.15 bits per heavy atom. The van der Waals surface area contributed by atoms with Crippen LogP contribution >= 0.6 is 22.7 Å². The summed E-state index contributed by atoms with van der Waals surface area (Å²) >= 11 is 3.41. The van der Waals surface area contributed by atoms with Crippen LogP contribution in [0.15, 0.2) is 35.0 Å². The van der Waals surface area contributed by atoms with E-state index in [-0.39, 0.29) is 17.5 Å². The highest BCUT2D eigenvalue weighted by Gasteiger charge is 2.19. The number of nitrogens with one attached hydrogen (secondary N) is 2. The molecule has 2 N–H and O–H groups in total. The second kappa shape index (κ2) is 6.52. The van der Waals surface area contributed by atoms with Crippen molar-refractivity contribution in [3.63, 3.8) is 0 Å². The van der Waals surface area contributed by atoms with E-state index in [1.165, 1.54) is 9.75 Å². The van der Waals surface area contributed by atoms with E-state index in [0.29, 0.717) is 6.54 Å². The number of hydrogen-bond acceptors (Lipinski definition) is 4. The molecule has 0 fully saturated rings. The van der Waals surface area contributed by atoms with Crippen LogP contribution in [-0.2, 0) is 4.79 Å². The molecule has 2 aromatic rings. The first-order valence-corrected chi connectivity index (χ1v) is 8.33. The SMILES string of the molecule is CC(C)(C)NC(=O)CNC(c1cccs1)c1cccs1. The van der Waals surface area contributed by atoms with E-state index in [1.807, 2.05) is 32.9 Å². The van der Waals surface area contributed by atoms with Crippen LogP contribution < -0.4 is 10.6 Å². The fourth-order valence-electron chi connectivity index (χ4n) is 1.91. The van der Waals surface area contributed by atoms with Gasteiger partial charge >= 0.3 is 0 Å². The third-order valence-corrected chi connectivity index (χ3v) is 4.51. The highest BCUT2D eigenvalue weighted by Crippen LogP contribution is 2.28. The highest BCUT2D eigenvalue weighted by atomic mass is 32.1. The summed E-state index contributed by atoms with van der Waals surface area (Å²) in [4.78, 5) is 14.4. The monoisotopic (exact) mass is 308 g/mol. The summed E-state index contributed by atoms with van der Waals surface area (Å²) in [5.41, 5.74) is -0.194. The molecule has 0 radical (unpaired) electrons. The largest absolute Gasteiger partial charge is 0.350 e. The first-order chi connectivity index (χ1) is 9.46. The minimum Gasteiger partial charge on any atom is -0.350 e. The van der Waals surface area contributed by atoms with Gasteiger partial charge in [-0.3, -0.25) is 10.1 Å². The maximum absolute atomic E-state index is 11.9. The zero-order valence-electron chi connectivity index (χ0n) is 12.0. The van der Waals surface area contributed by atoms with Crippen molar-refractivity contribution >= 4 is 28.6 Å². The quantitative estimate of drug-likeness (QED) is 0.889. The molecule has 2 aromatic heterocycles. The van der Waals surface area contributed by atoms with E-state index in [4.69, 9.17) is 0 Å². The Hall–Kier alpha value is -1.17. The summed E-state index contributed by atoms with van der Waals surface area (Å²) in [6.45, 7) is 6.28. The fourth-order valence-corrected chi connectivity index (χ4v) is 3.62. The Balaban J connectivity index is 2.01. The first-order valence-electron chi connectivity index (χ1n) is 6.57. The maximum Gasteiger partial charge on any atom is 0.234 e. The lowest BCUT2D eigenvalue weighted by molar-refractivity contribution is -0.121. The van der Waals surface area contributed by atoms with E-state index in [1.54, 1.807) is 22.7 Å². The molecule has 3 nitrogen and oxygen atoms in total. The zero-order chi connectivity index (χ0) is 14.6. The van der Waals surface area contributed by atoms with E-state index >= 15 is 0 Å². The van der Waals surface area contributed by atoms with Gasteiger partial charge in [-0.15, -0.1) is 22.7 Å². The minimum atomic E-state index is -0.194. The van der Waals surface area contributed by atoms with Gasteiger partial charge in [0.15, 0.2) is 0 Å². The number of carbonyl (C=O) groups excluding carboxylic acids is 1. The van der Waals surface area contributed by atoms with Crippen LogP contribution in [0.5, 0.6) is 0 Å². The van der Waals surface area contributed by atoms with Gasteiger partial charge in [0.25, 0.3) is 0 Å². The lowest BCUT2D eigenvalue weighted by Crippen LogP contribution is -2.45. The molecule has 5 heteroatoms. The van der Waals surface area contributed by atoms with Gasteiger partial charge in [-0.1, -0.05) is 12.1 Å². The Morgan fingerprint density at radius 3 is 2.10 bits per heavy atom. The first kappa shape index (κ1) is 15.2. The number of amides is 1. The van der Waals surface area contributed by atoms with Gasteiger partial charge in [-0.05, 0) is 43.7 Å². The molecule has 108 valence electrons. The normalized spacial score (nSPS) is 11.8. The smallest absolute Gasteiger partial charge is 0.234 e. The van der Waals surface area contributed by atoms with Crippen LogP contribution in [0.25, 0.3) is 0 Å². The lowest BCUT2D eigenvalue weighted by atomic mass is 10.1. The molecular formula is C15H20N2OS2. The van der Waals surface area contributed by atoms with E-state index in [0.717, 1.165) is 0 Å². The predicted molar refractivity (Wildman–Crippen MR) is 86.4 cm³/mol. The average molecular weight is 308 g/mol. The van der Waals surface area contributed by atoms with Gasteiger partial charge in [0.05, 0.1) is 12.6 Å². The topological polar surface area (TPSA) is 41.1 Å². The molecule has 0 aliphatic carbocycles. The fraction of sp³-hybridized carbons (Fsp3) is 0.400. The zero-order valence-corrected chi connectivity index (χ0v) is 13.6. The van der Waals surface area contributed by atoms with Gasteiger partial charge in [-0.2, -0.15) is 0 Å². The molecule has 0 bridgehead atoms. The van der Waals surface area contributed by atoms with Gasteiger partial charge < -0.3 is 5.32 Å². The second-order valence-electron chi connectivity index (χ2n) is 5.64. The summed E-state index contributed by atoms with van der Waals surface area (Å²) in [7, 11) is 0. The summed E-state index contributed by atoms with van der Waals surface area (Å²) in [5, 5.41) is 10.5. The molecule has 0 aliphatic rings. The van der Waals surface area contributed by atoms with Crippen LogP contribution in [-0.4, -0.2) is 18.0 Å². The molecular weight excluding hydrogens is 288 g/mol. The summed E-state index contributed by atoms with van der Waals surface area (Å²) in [6, 6.07) is 8.38. The van der Waals surface area contributed by atoms with Crippen LogP contribution in [0.2, 0.25) is 0 Å². The maximum atomic E-state index is 11.9. The van der Waals surface area contributed by atoms with Crippen molar-refractivity contribution in [2.45, 2.75) is 32.4 Å².